The predicted molar refractivity (Wildman–Crippen MR) is 77.8 cm³/mol. The minimum absolute atomic E-state index is 0.199. The number of pyridine rings is 1. The number of amides is 1. The van der Waals surface area contributed by atoms with E-state index in [4.69, 9.17) is 0 Å². The first-order valence-electron chi connectivity index (χ1n) is 6.45. The Morgan fingerprint density at radius 3 is 2.43 bits per heavy atom. The van der Waals surface area contributed by atoms with Crippen LogP contribution in [0.1, 0.15) is 26.4 Å². The van der Waals surface area contributed by atoms with Crippen LogP contribution in [0.25, 0.3) is 0 Å². The number of rotatable bonds is 4. The maximum atomic E-state index is 12.2. The lowest BCUT2D eigenvalue weighted by Crippen LogP contribution is -2.27. The molecule has 0 fully saturated rings. The summed E-state index contributed by atoms with van der Waals surface area (Å²) in [7, 11) is 3.01. The summed E-state index contributed by atoms with van der Waals surface area (Å²) in [6.07, 6.45) is 1.34. The molecule has 0 aliphatic rings. The van der Waals surface area contributed by atoms with Crippen molar-refractivity contribution in [2.24, 2.45) is 0 Å². The van der Waals surface area contributed by atoms with Gasteiger partial charge in [-0.15, -0.1) is 0 Å². The summed E-state index contributed by atoms with van der Waals surface area (Å²) in [6, 6.07) is 12.8. The molecule has 0 radical (unpaired) electrons. The van der Waals surface area contributed by atoms with E-state index in [1.807, 2.05) is 30.3 Å². The van der Waals surface area contributed by atoms with E-state index < -0.39 is 5.97 Å². The van der Waals surface area contributed by atoms with E-state index in [0.717, 1.165) is 5.56 Å². The molecule has 5 heteroatoms. The Morgan fingerprint density at radius 1 is 1.14 bits per heavy atom. The Hall–Kier alpha value is -2.69. The maximum absolute atomic E-state index is 12.2. The third-order valence-corrected chi connectivity index (χ3v) is 3.01. The molecule has 1 aromatic heterocycles. The molecule has 2 rings (SSSR count). The lowest BCUT2D eigenvalue weighted by molar-refractivity contribution is 0.0599. The van der Waals surface area contributed by atoms with Crippen LogP contribution in [0.5, 0.6) is 0 Å². The molecule has 1 amide bonds. The summed E-state index contributed by atoms with van der Waals surface area (Å²) in [4.78, 5) is 29.2. The number of methoxy groups -OCH3 is 1. The number of esters is 1. The number of hydrogen-bond acceptors (Lipinski definition) is 4. The summed E-state index contributed by atoms with van der Waals surface area (Å²) < 4.78 is 4.59. The van der Waals surface area contributed by atoms with Crippen LogP contribution in [0.15, 0.2) is 48.7 Å². The van der Waals surface area contributed by atoms with Crippen molar-refractivity contribution in [1.29, 1.82) is 0 Å². The van der Waals surface area contributed by atoms with Crippen molar-refractivity contribution in [2.45, 2.75) is 6.54 Å². The Kier molecular flexibility index (Phi) is 4.66. The minimum atomic E-state index is -0.473. The van der Waals surface area contributed by atoms with E-state index in [0.29, 0.717) is 17.8 Å². The van der Waals surface area contributed by atoms with Crippen LogP contribution in [-0.2, 0) is 11.3 Å². The van der Waals surface area contributed by atoms with Crippen LogP contribution in [0.3, 0.4) is 0 Å². The summed E-state index contributed by atoms with van der Waals surface area (Å²) in [6.45, 7) is 0.500. The third-order valence-electron chi connectivity index (χ3n) is 3.01. The molecule has 1 aromatic carbocycles. The largest absolute Gasteiger partial charge is 0.465 e. The molecule has 0 N–H and O–H groups in total. The standard InChI is InChI=1S/C16H16N2O3/c1-18(11-12-6-4-3-5-7-12)15(19)14-9-8-13(10-17-14)16(20)21-2/h3-10H,11H2,1-2H3. The highest BCUT2D eigenvalue weighted by Crippen LogP contribution is 2.08. The second-order valence-electron chi connectivity index (χ2n) is 4.57. The first-order valence-corrected chi connectivity index (χ1v) is 6.45. The average Bonchev–Trinajstić information content (AvgIpc) is 2.54. The van der Waals surface area contributed by atoms with Gasteiger partial charge in [-0.2, -0.15) is 0 Å². The van der Waals surface area contributed by atoms with E-state index in [-0.39, 0.29) is 5.91 Å². The van der Waals surface area contributed by atoms with Gasteiger partial charge < -0.3 is 9.64 Å². The zero-order chi connectivity index (χ0) is 15.2. The van der Waals surface area contributed by atoms with E-state index in [2.05, 4.69) is 9.72 Å². The van der Waals surface area contributed by atoms with Crippen molar-refractivity contribution in [2.75, 3.05) is 14.2 Å². The Balaban J connectivity index is 2.07. The number of carbonyl (C=O) groups is 2. The fourth-order valence-corrected chi connectivity index (χ4v) is 1.88. The van der Waals surface area contributed by atoms with Gasteiger partial charge in [0, 0.05) is 19.8 Å². The SMILES string of the molecule is COC(=O)c1ccc(C(=O)N(C)Cc2ccccc2)nc1. The first-order chi connectivity index (χ1) is 10.1. The van der Waals surface area contributed by atoms with Crippen LogP contribution < -0.4 is 0 Å². The number of hydrogen-bond donors (Lipinski definition) is 0. The number of benzene rings is 1. The molecule has 108 valence electrons. The number of nitrogens with zero attached hydrogens (tertiary/aromatic N) is 2. The molecule has 0 unspecified atom stereocenters. The van der Waals surface area contributed by atoms with Crippen LogP contribution in [0.4, 0.5) is 0 Å². The number of ether oxygens (including phenoxy) is 1. The highest BCUT2D eigenvalue weighted by Gasteiger charge is 2.14. The van der Waals surface area contributed by atoms with E-state index in [1.54, 1.807) is 11.9 Å². The van der Waals surface area contributed by atoms with Crippen molar-refractivity contribution >= 4 is 11.9 Å². The quantitative estimate of drug-likeness (QED) is 0.807. The number of aromatic nitrogens is 1. The number of carbonyl (C=O) groups excluding carboxylic acids is 2. The van der Waals surface area contributed by atoms with Crippen LogP contribution >= 0.6 is 0 Å². The molecule has 0 saturated heterocycles. The van der Waals surface area contributed by atoms with Gasteiger partial charge in [0.05, 0.1) is 12.7 Å². The molecule has 5 nitrogen and oxygen atoms in total. The van der Waals surface area contributed by atoms with Gasteiger partial charge in [-0.3, -0.25) is 9.78 Å². The van der Waals surface area contributed by atoms with Gasteiger partial charge in [-0.05, 0) is 17.7 Å². The molecule has 0 aliphatic heterocycles. The molecule has 2 aromatic rings. The van der Waals surface area contributed by atoms with Crippen LogP contribution in [0.2, 0.25) is 0 Å². The zero-order valence-corrected chi connectivity index (χ0v) is 11.9. The highest BCUT2D eigenvalue weighted by atomic mass is 16.5. The second kappa shape index (κ2) is 6.65. The molecule has 1 heterocycles. The Bertz CT molecular complexity index is 624. The van der Waals surface area contributed by atoms with Crippen molar-refractivity contribution < 1.29 is 14.3 Å². The Morgan fingerprint density at radius 2 is 1.86 bits per heavy atom. The summed E-state index contributed by atoms with van der Waals surface area (Å²) in [5.74, 6) is -0.672. The van der Waals surface area contributed by atoms with Gasteiger partial charge in [-0.1, -0.05) is 30.3 Å². The third kappa shape index (κ3) is 3.66. The molecule has 0 atom stereocenters. The van der Waals surface area contributed by atoms with Crippen molar-refractivity contribution in [3.8, 4) is 0 Å². The molecule has 0 spiro atoms. The van der Waals surface area contributed by atoms with Gasteiger partial charge >= 0.3 is 5.97 Å². The molecular weight excluding hydrogens is 268 g/mol. The zero-order valence-electron chi connectivity index (χ0n) is 11.9. The van der Waals surface area contributed by atoms with Gasteiger partial charge in [0.15, 0.2) is 0 Å². The summed E-state index contributed by atoms with van der Waals surface area (Å²) in [5, 5.41) is 0. The van der Waals surface area contributed by atoms with Crippen molar-refractivity contribution in [3.63, 3.8) is 0 Å². The van der Waals surface area contributed by atoms with Gasteiger partial charge in [0.1, 0.15) is 5.69 Å². The lowest BCUT2D eigenvalue weighted by Gasteiger charge is -2.16. The van der Waals surface area contributed by atoms with Gasteiger partial charge in [0.25, 0.3) is 5.91 Å². The molecule has 0 saturated carbocycles. The fraction of sp³-hybridized carbons (Fsp3) is 0.188. The summed E-state index contributed by atoms with van der Waals surface area (Å²) >= 11 is 0. The van der Waals surface area contributed by atoms with E-state index in [1.165, 1.54) is 25.4 Å². The molecular formula is C16H16N2O3. The molecule has 0 aliphatic carbocycles. The van der Waals surface area contributed by atoms with Crippen LogP contribution in [-0.4, -0.2) is 35.9 Å². The Labute approximate surface area is 123 Å². The van der Waals surface area contributed by atoms with E-state index >= 15 is 0 Å². The van der Waals surface area contributed by atoms with E-state index in [9.17, 15) is 9.59 Å². The van der Waals surface area contributed by atoms with Crippen molar-refractivity contribution in [1.82, 2.24) is 9.88 Å². The molecule has 0 bridgehead atoms. The predicted octanol–water partition coefficient (Wildman–Crippen LogP) is 2.14. The van der Waals surface area contributed by atoms with Crippen molar-refractivity contribution in [3.05, 3.63) is 65.5 Å². The van der Waals surface area contributed by atoms with Crippen LogP contribution in [0, 0.1) is 0 Å². The average molecular weight is 284 g/mol. The minimum Gasteiger partial charge on any atom is -0.465 e. The topological polar surface area (TPSA) is 59.5 Å². The normalized spacial score (nSPS) is 10.0. The second-order valence-corrected chi connectivity index (χ2v) is 4.57. The molecule has 21 heavy (non-hydrogen) atoms. The van der Waals surface area contributed by atoms with Gasteiger partial charge in [-0.25, -0.2) is 4.79 Å². The fourth-order valence-electron chi connectivity index (χ4n) is 1.88. The van der Waals surface area contributed by atoms with Gasteiger partial charge in [0.2, 0.25) is 0 Å². The maximum Gasteiger partial charge on any atom is 0.339 e. The first kappa shape index (κ1) is 14.7. The monoisotopic (exact) mass is 284 g/mol. The smallest absolute Gasteiger partial charge is 0.339 e. The highest BCUT2D eigenvalue weighted by molar-refractivity contribution is 5.94. The summed E-state index contributed by atoms with van der Waals surface area (Å²) in [5.41, 5.74) is 1.65. The lowest BCUT2D eigenvalue weighted by atomic mass is 10.2.